The van der Waals surface area contributed by atoms with Crippen LogP contribution in [0.1, 0.15) is 42.4 Å². The minimum atomic E-state index is -4.60. The number of halogens is 3. The molecule has 3 rings (SSSR count). The van der Waals surface area contributed by atoms with Crippen molar-refractivity contribution in [2.24, 2.45) is 5.73 Å². The van der Waals surface area contributed by atoms with Gasteiger partial charge in [-0.2, -0.15) is 13.2 Å². The van der Waals surface area contributed by atoms with Crippen molar-refractivity contribution in [3.8, 4) is 17.0 Å². The molecule has 1 aliphatic heterocycles. The third-order valence-electron chi connectivity index (χ3n) is 4.17. The molecule has 25 heavy (non-hydrogen) atoms. The fourth-order valence-corrected chi connectivity index (χ4v) is 2.94. The van der Waals surface area contributed by atoms with Gasteiger partial charge in [-0.05, 0) is 36.1 Å². The van der Waals surface area contributed by atoms with E-state index in [1.54, 1.807) is 26.0 Å². The Labute approximate surface area is 144 Å². The lowest BCUT2D eigenvalue weighted by molar-refractivity contribution is -0.145. The second-order valence-corrected chi connectivity index (χ2v) is 6.63. The third-order valence-corrected chi connectivity index (χ3v) is 4.17. The van der Waals surface area contributed by atoms with Gasteiger partial charge < -0.3 is 10.5 Å². The number of nitrogens with two attached hydrogens (primary N) is 1. The number of nitrogens with zero attached hydrogens (tertiary/aromatic N) is 2. The van der Waals surface area contributed by atoms with E-state index in [0.29, 0.717) is 30.0 Å². The maximum absolute atomic E-state index is 13.2. The van der Waals surface area contributed by atoms with Crippen LogP contribution in [0.25, 0.3) is 11.3 Å². The molecule has 134 valence electrons. The molecule has 0 aliphatic carbocycles. The lowest BCUT2D eigenvalue weighted by atomic mass is 9.99. The maximum Gasteiger partial charge on any atom is 0.451 e. The summed E-state index contributed by atoms with van der Waals surface area (Å²) < 4.78 is 45.5. The van der Waals surface area contributed by atoms with E-state index in [1.165, 1.54) is 0 Å². The topological polar surface area (TPSA) is 61.0 Å². The largest absolute Gasteiger partial charge is 0.488 e. The van der Waals surface area contributed by atoms with Crippen LogP contribution in [0.5, 0.6) is 5.75 Å². The molecule has 0 amide bonds. The molecule has 7 heteroatoms. The Morgan fingerprint density at radius 2 is 1.96 bits per heavy atom. The minimum absolute atomic E-state index is 0.154. The van der Waals surface area contributed by atoms with Gasteiger partial charge in [0.2, 0.25) is 5.82 Å². The minimum Gasteiger partial charge on any atom is -0.488 e. The molecule has 1 aromatic heterocycles. The van der Waals surface area contributed by atoms with Crippen LogP contribution in [0.15, 0.2) is 18.2 Å². The van der Waals surface area contributed by atoms with E-state index in [4.69, 9.17) is 10.5 Å². The second kappa shape index (κ2) is 6.29. The Balaban J connectivity index is 2.19. The molecular weight excluding hydrogens is 331 g/mol. The molecule has 2 aromatic rings. The molecule has 2 heterocycles. The van der Waals surface area contributed by atoms with Crippen molar-refractivity contribution in [1.29, 1.82) is 0 Å². The standard InChI is InChI=1S/C18H20F3N3O/c1-9(2)14-7-15(24-17(23-14)18(19,20)21)13-5-10(3)4-11-6-12(8-22)25-16(11)13/h4-5,7,9,12H,6,8,22H2,1-3H3/t12-/m1/s1. The quantitative estimate of drug-likeness (QED) is 0.912. The van der Waals surface area contributed by atoms with E-state index in [9.17, 15) is 13.2 Å². The maximum atomic E-state index is 13.2. The number of fused-ring (bicyclic) bond motifs is 1. The van der Waals surface area contributed by atoms with E-state index >= 15 is 0 Å². The summed E-state index contributed by atoms with van der Waals surface area (Å²) in [4.78, 5) is 7.46. The summed E-state index contributed by atoms with van der Waals surface area (Å²) in [7, 11) is 0. The van der Waals surface area contributed by atoms with E-state index in [1.807, 2.05) is 13.0 Å². The highest BCUT2D eigenvalue weighted by Crippen LogP contribution is 2.40. The average Bonchev–Trinajstić information content (AvgIpc) is 2.95. The molecule has 0 unspecified atom stereocenters. The van der Waals surface area contributed by atoms with Gasteiger partial charge in [0.05, 0.1) is 5.69 Å². The summed E-state index contributed by atoms with van der Waals surface area (Å²) in [6.07, 6.45) is -4.12. The predicted octanol–water partition coefficient (Wildman–Crippen LogP) is 3.86. The number of hydrogen-bond acceptors (Lipinski definition) is 4. The van der Waals surface area contributed by atoms with E-state index in [2.05, 4.69) is 9.97 Å². The zero-order valence-electron chi connectivity index (χ0n) is 14.3. The highest BCUT2D eigenvalue weighted by Gasteiger charge is 2.36. The molecule has 1 atom stereocenters. The number of rotatable bonds is 3. The molecule has 4 nitrogen and oxygen atoms in total. The number of hydrogen-bond donors (Lipinski definition) is 1. The van der Waals surface area contributed by atoms with Crippen LogP contribution >= 0.6 is 0 Å². The van der Waals surface area contributed by atoms with Crippen LogP contribution < -0.4 is 10.5 Å². The van der Waals surface area contributed by atoms with Gasteiger partial charge in [-0.15, -0.1) is 0 Å². The van der Waals surface area contributed by atoms with Crippen molar-refractivity contribution in [2.45, 2.75) is 45.4 Å². The van der Waals surface area contributed by atoms with Gasteiger partial charge in [-0.3, -0.25) is 0 Å². The van der Waals surface area contributed by atoms with Gasteiger partial charge in [-0.1, -0.05) is 19.9 Å². The summed E-state index contributed by atoms with van der Waals surface area (Å²) >= 11 is 0. The summed E-state index contributed by atoms with van der Waals surface area (Å²) in [6, 6.07) is 5.38. The van der Waals surface area contributed by atoms with Gasteiger partial charge in [0.1, 0.15) is 11.9 Å². The smallest absolute Gasteiger partial charge is 0.451 e. The highest BCUT2D eigenvalue weighted by molar-refractivity contribution is 5.71. The van der Waals surface area contributed by atoms with Crippen molar-refractivity contribution in [3.05, 3.63) is 40.8 Å². The Morgan fingerprint density at radius 3 is 2.56 bits per heavy atom. The Kier molecular flexibility index (Phi) is 4.45. The van der Waals surface area contributed by atoms with Gasteiger partial charge in [0.25, 0.3) is 0 Å². The fraction of sp³-hybridized carbons (Fsp3) is 0.444. The Bertz CT molecular complexity index is 803. The summed E-state index contributed by atoms with van der Waals surface area (Å²) in [5.41, 5.74) is 8.70. The van der Waals surface area contributed by atoms with Crippen LogP contribution in [0.4, 0.5) is 13.2 Å². The third kappa shape index (κ3) is 3.46. The molecule has 0 bridgehead atoms. The summed E-state index contributed by atoms with van der Waals surface area (Å²) in [5.74, 6) is -0.710. The van der Waals surface area contributed by atoms with Crippen molar-refractivity contribution in [3.63, 3.8) is 0 Å². The van der Waals surface area contributed by atoms with E-state index in [0.717, 1.165) is 11.1 Å². The van der Waals surface area contributed by atoms with Gasteiger partial charge in [0.15, 0.2) is 0 Å². The van der Waals surface area contributed by atoms with Crippen LogP contribution in [-0.2, 0) is 12.6 Å². The predicted molar refractivity (Wildman–Crippen MR) is 88.5 cm³/mol. The first-order chi connectivity index (χ1) is 11.7. The number of aromatic nitrogens is 2. The van der Waals surface area contributed by atoms with Gasteiger partial charge in [-0.25, -0.2) is 9.97 Å². The lowest BCUT2D eigenvalue weighted by Crippen LogP contribution is -2.24. The van der Waals surface area contributed by atoms with Crippen molar-refractivity contribution in [2.75, 3.05) is 6.54 Å². The van der Waals surface area contributed by atoms with Crippen molar-refractivity contribution >= 4 is 0 Å². The zero-order chi connectivity index (χ0) is 18.4. The Morgan fingerprint density at radius 1 is 1.24 bits per heavy atom. The molecule has 0 fully saturated rings. The fourth-order valence-electron chi connectivity index (χ4n) is 2.94. The monoisotopic (exact) mass is 351 g/mol. The zero-order valence-corrected chi connectivity index (χ0v) is 14.3. The lowest BCUT2D eigenvalue weighted by Gasteiger charge is -2.15. The number of benzene rings is 1. The second-order valence-electron chi connectivity index (χ2n) is 6.63. The molecule has 0 spiro atoms. The highest BCUT2D eigenvalue weighted by atomic mass is 19.4. The van der Waals surface area contributed by atoms with E-state index in [-0.39, 0.29) is 17.7 Å². The molecule has 1 aliphatic rings. The molecule has 0 saturated carbocycles. The number of aryl methyl sites for hydroxylation is 1. The normalized spacial score (nSPS) is 16.9. The van der Waals surface area contributed by atoms with Crippen LogP contribution in [-0.4, -0.2) is 22.6 Å². The SMILES string of the molecule is Cc1cc2c(c(-c3cc(C(C)C)nc(C(F)(F)F)n3)c1)O[C@@H](CN)C2. The Hall–Kier alpha value is -2.15. The number of ether oxygens (including phenoxy) is 1. The van der Waals surface area contributed by atoms with Crippen LogP contribution in [0, 0.1) is 6.92 Å². The molecule has 1 aromatic carbocycles. The summed E-state index contributed by atoms with van der Waals surface area (Å²) in [6.45, 7) is 5.85. The first kappa shape index (κ1) is 17.7. The average molecular weight is 351 g/mol. The van der Waals surface area contributed by atoms with Crippen molar-refractivity contribution in [1.82, 2.24) is 9.97 Å². The first-order valence-corrected chi connectivity index (χ1v) is 8.15. The molecule has 2 N–H and O–H groups in total. The number of alkyl halides is 3. The van der Waals surface area contributed by atoms with Crippen molar-refractivity contribution < 1.29 is 17.9 Å². The van der Waals surface area contributed by atoms with Crippen LogP contribution in [0.2, 0.25) is 0 Å². The first-order valence-electron chi connectivity index (χ1n) is 8.15. The van der Waals surface area contributed by atoms with Gasteiger partial charge >= 0.3 is 6.18 Å². The van der Waals surface area contributed by atoms with E-state index < -0.39 is 12.0 Å². The molecular formula is C18H20F3N3O. The van der Waals surface area contributed by atoms with Gasteiger partial charge in [0, 0.05) is 24.2 Å². The molecule has 0 radical (unpaired) electrons. The molecule has 0 saturated heterocycles. The summed E-state index contributed by atoms with van der Waals surface area (Å²) in [5, 5.41) is 0. The van der Waals surface area contributed by atoms with Crippen LogP contribution in [0.3, 0.4) is 0 Å².